The fourth-order valence-corrected chi connectivity index (χ4v) is 7.42. The molecule has 196 valence electrons. The summed E-state index contributed by atoms with van der Waals surface area (Å²) < 4.78 is 4.78. The van der Waals surface area contributed by atoms with Gasteiger partial charge in [0.15, 0.2) is 0 Å². The topological polar surface area (TPSA) is 9.86 Å². The average Bonchev–Trinajstić information content (AvgIpc) is 3.54. The second-order valence-corrected chi connectivity index (χ2v) is 14.2. The number of aromatic nitrogens is 2. The van der Waals surface area contributed by atoms with E-state index < -0.39 is 8.80 Å². The van der Waals surface area contributed by atoms with Crippen molar-refractivity contribution in [1.82, 2.24) is 9.13 Å². The molecule has 2 nitrogen and oxygen atoms in total. The second kappa shape index (κ2) is 9.36. The maximum absolute atomic E-state index is 2.43. The molecule has 8 rings (SSSR count). The van der Waals surface area contributed by atoms with Gasteiger partial charge in [-0.05, 0) is 59.7 Å². The van der Waals surface area contributed by atoms with Gasteiger partial charge in [-0.25, -0.2) is 0 Å². The highest BCUT2D eigenvalue weighted by Crippen LogP contribution is 2.34. The van der Waals surface area contributed by atoms with Gasteiger partial charge in [-0.1, -0.05) is 109 Å². The van der Waals surface area contributed by atoms with Gasteiger partial charge < -0.3 is 9.13 Å². The maximum atomic E-state index is 2.43. The molecule has 0 aliphatic rings. The van der Waals surface area contributed by atoms with E-state index in [0.717, 1.165) is 0 Å². The Hall–Kier alpha value is -4.86. The molecule has 0 aliphatic carbocycles. The lowest BCUT2D eigenvalue weighted by Crippen LogP contribution is -2.21. The van der Waals surface area contributed by atoms with Crippen LogP contribution in [-0.2, 0) is 0 Å². The highest BCUT2D eigenvalue weighted by Gasteiger charge is 2.14. The molecule has 0 unspecified atom stereocenters. The van der Waals surface area contributed by atoms with Gasteiger partial charge in [-0.3, -0.25) is 0 Å². The Bertz CT molecular complexity index is 2160. The van der Waals surface area contributed by atoms with Crippen LogP contribution in [0.2, 0.25) is 13.1 Å². The molecule has 0 radical (unpaired) electrons. The lowest BCUT2D eigenvalue weighted by atomic mass is 10.0. The average molecular weight is 543 g/mol. The van der Waals surface area contributed by atoms with E-state index in [4.69, 9.17) is 0 Å². The zero-order valence-electron chi connectivity index (χ0n) is 23.3. The van der Waals surface area contributed by atoms with Crippen LogP contribution in [0, 0.1) is 0 Å². The summed E-state index contributed by atoms with van der Waals surface area (Å²) in [5, 5.41) is 6.76. The molecule has 0 saturated carbocycles. The Balaban J connectivity index is 1.19. The van der Waals surface area contributed by atoms with Crippen molar-refractivity contribution >= 4 is 57.6 Å². The third-order valence-corrected chi connectivity index (χ3v) is 10.2. The highest BCUT2D eigenvalue weighted by molar-refractivity contribution is 6.71. The zero-order valence-corrected chi connectivity index (χ0v) is 24.4. The van der Waals surface area contributed by atoms with Crippen LogP contribution in [0.4, 0.5) is 0 Å². The van der Waals surface area contributed by atoms with E-state index in [0.29, 0.717) is 0 Å². The van der Waals surface area contributed by atoms with Gasteiger partial charge in [-0.15, -0.1) is 0 Å². The lowest BCUT2D eigenvalue weighted by molar-refractivity contribution is 1.18. The molecule has 2 aromatic heterocycles. The van der Waals surface area contributed by atoms with Gasteiger partial charge in [0.25, 0.3) is 0 Å². The van der Waals surface area contributed by atoms with Crippen molar-refractivity contribution in [2.24, 2.45) is 0 Å². The van der Waals surface area contributed by atoms with Gasteiger partial charge >= 0.3 is 0 Å². The molecule has 0 spiro atoms. The third kappa shape index (κ3) is 3.77. The van der Waals surface area contributed by atoms with Crippen LogP contribution in [0.5, 0.6) is 0 Å². The molecule has 6 aromatic carbocycles. The molecule has 0 saturated heterocycles. The number of benzene rings is 6. The van der Waals surface area contributed by atoms with Crippen molar-refractivity contribution in [2.75, 3.05) is 0 Å². The first-order chi connectivity index (χ1) is 20.2. The van der Waals surface area contributed by atoms with Crippen LogP contribution in [-0.4, -0.2) is 17.9 Å². The summed E-state index contributed by atoms with van der Waals surface area (Å²) >= 11 is 0. The molecule has 8 aromatic rings. The Morgan fingerprint density at radius 1 is 0.390 bits per heavy atom. The molecule has 2 heterocycles. The Kier molecular flexibility index (Phi) is 5.47. The van der Waals surface area contributed by atoms with E-state index in [9.17, 15) is 0 Å². The summed E-state index contributed by atoms with van der Waals surface area (Å²) in [6.45, 7) is 4.79. The number of nitrogens with zero attached hydrogens (tertiary/aromatic N) is 2. The molecular weight excluding hydrogens is 513 g/mol. The van der Waals surface area contributed by atoms with Gasteiger partial charge in [-0.2, -0.15) is 0 Å². The van der Waals surface area contributed by atoms with E-state index >= 15 is 0 Å². The van der Waals surface area contributed by atoms with Crippen LogP contribution in [0.1, 0.15) is 0 Å². The quantitative estimate of drug-likeness (QED) is 0.196. The first kappa shape index (κ1) is 24.0. The number of hydrogen-bond acceptors (Lipinski definition) is 0. The second-order valence-electron chi connectivity index (χ2n) is 11.2. The minimum atomic E-state index is -0.879. The normalized spacial score (nSPS) is 11.9. The van der Waals surface area contributed by atoms with Crippen LogP contribution < -0.4 is 5.19 Å². The Morgan fingerprint density at radius 3 is 1.22 bits per heavy atom. The van der Waals surface area contributed by atoms with Gasteiger partial charge in [0.05, 0.1) is 30.9 Å². The first-order valence-electron chi connectivity index (χ1n) is 14.4. The molecular formula is C38H30N2Si. The van der Waals surface area contributed by atoms with Crippen molar-refractivity contribution < 1.29 is 0 Å². The summed E-state index contributed by atoms with van der Waals surface area (Å²) in [5.74, 6) is 0. The van der Waals surface area contributed by atoms with E-state index in [1.165, 1.54) is 71.3 Å². The fourth-order valence-electron chi connectivity index (χ4n) is 6.43. The van der Waals surface area contributed by atoms with Crippen LogP contribution in [0.3, 0.4) is 0 Å². The lowest BCUT2D eigenvalue weighted by Gasteiger charge is -2.11. The minimum Gasteiger partial charge on any atom is -0.309 e. The van der Waals surface area contributed by atoms with Crippen molar-refractivity contribution in [3.05, 3.63) is 140 Å². The first-order valence-corrected chi connectivity index (χ1v) is 17.3. The van der Waals surface area contributed by atoms with Crippen molar-refractivity contribution in [1.29, 1.82) is 0 Å². The summed E-state index contributed by atoms with van der Waals surface area (Å²) in [6.07, 6.45) is 0. The van der Waals surface area contributed by atoms with Crippen molar-refractivity contribution in [2.45, 2.75) is 13.1 Å². The highest BCUT2D eigenvalue weighted by atomic mass is 28.3. The summed E-state index contributed by atoms with van der Waals surface area (Å²) in [4.78, 5) is 0. The summed E-state index contributed by atoms with van der Waals surface area (Å²) in [6, 6.07) is 51.2. The molecule has 0 N–H and O–H groups in total. The standard InChI is InChI=1S/C38H30N2Si/c1-41(2)30-23-24-38-34(25-30)33-11-5-8-14-37(33)40(38)29-21-17-27(18-22-29)26-15-19-28(20-16-26)39-35-12-6-3-9-31(35)32-10-4-7-13-36(32)39/h3-25,41H,1-2H3. The van der Waals surface area contributed by atoms with E-state index in [1.807, 2.05) is 0 Å². The minimum absolute atomic E-state index is 0.879. The van der Waals surface area contributed by atoms with Gasteiger partial charge in [0.2, 0.25) is 0 Å². The molecule has 0 bridgehead atoms. The smallest absolute Gasteiger partial charge is 0.0647 e. The number of fused-ring (bicyclic) bond motifs is 6. The Labute approximate surface area is 241 Å². The summed E-state index contributed by atoms with van der Waals surface area (Å²) in [7, 11) is -0.879. The molecule has 0 amide bonds. The number of hydrogen-bond donors (Lipinski definition) is 0. The Morgan fingerprint density at radius 2 is 0.780 bits per heavy atom. The van der Waals surface area contributed by atoms with E-state index in [1.54, 1.807) is 0 Å². The molecule has 0 aliphatic heterocycles. The van der Waals surface area contributed by atoms with Crippen molar-refractivity contribution in [3.63, 3.8) is 0 Å². The number of para-hydroxylation sites is 3. The van der Waals surface area contributed by atoms with Gasteiger partial charge in [0, 0.05) is 32.9 Å². The van der Waals surface area contributed by atoms with Crippen LogP contribution in [0.25, 0.3) is 66.1 Å². The third-order valence-electron chi connectivity index (χ3n) is 8.53. The van der Waals surface area contributed by atoms with E-state index in [-0.39, 0.29) is 0 Å². The predicted molar refractivity (Wildman–Crippen MR) is 179 cm³/mol. The number of rotatable bonds is 4. The van der Waals surface area contributed by atoms with Gasteiger partial charge in [0.1, 0.15) is 0 Å². The molecule has 0 atom stereocenters. The van der Waals surface area contributed by atoms with Crippen LogP contribution >= 0.6 is 0 Å². The SMILES string of the molecule is C[SiH](C)c1ccc2c(c1)c1ccccc1n2-c1ccc(-c2ccc(-n3c4ccccc4c4ccccc43)cc2)cc1. The summed E-state index contributed by atoms with van der Waals surface area (Å²) in [5.41, 5.74) is 9.81. The van der Waals surface area contributed by atoms with E-state index in [2.05, 4.69) is 162 Å². The zero-order chi connectivity index (χ0) is 27.5. The fraction of sp³-hybridized carbons (Fsp3) is 0.0526. The molecule has 41 heavy (non-hydrogen) atoms. The predicted octanol–water partition coefficient (Wildman–Crippen LogP) is 9.24. The maximum Gasteiger partial charge on any atom is 0.0647 e. The monoisotopic (exact) mass is 542 g/mol. The molecule has 3 heteroatoms. The largest absolute Gasteiger partial charge is 0.309 e. The van der Waals surface area contributed by atoms with Crippen LogP contribution in [0.15, 0.2) is 140 Å². The van der Waals surface area contributed by atoms with Crippen molar-refractivity contribution in [3.8, 4) is 22.5 Å². The molecule has 0 fully saturated rings.